The number of allylic oxidation sites excluding steroid dienone is 6. The molecule has 1 aliphatic rings. The van der Waals surface area contributed by atoms with E-state index in [1.807, 2.05) is 17.8 Å². The van der Waals surface area contributed by atoms with Crippen LogP contribution in [0.15, 0.2) is 33.6 Å². The summed E-state index contributed by atoms with van der Waals surface area (Å²) in [6.07, 6.45) is 12.2. The zero-order valence-corrected chi connectivity index (χ0v) is 8.24. The predicted molar refractivity (Wildman–Crippen MR) is 56.6 cm³/mol. The third-order valence-electron chi connectivity index (χ3n) is 1.76. The maximum atomic E-state index is 5.14. The van der Waals surface area contributed by atoms with E-state index in [9.17, 15) is 0 Å². The standard InChI is InChI=1S/C11H12S/c1-4-5-6-11-8-7-9(2)12-10(11)3/h1,5-7H,8H2,2-3H3/b6-5-. The lowest BCUT2D eigenvalue weighted by Gasteiger charge is -2.12. The molecule has 1 aliphatic heterocycles. The van der Waals surface area contributed by atoms with Gasteiger partial charge in [-0.2, -0.15) is 0 Å². The molecule has 0 bridgehead atoms. The highest BCUT2D eigenvalue weighted by atomic mass is 32.2. The van der Waals surface area contributed by atoms with Gasteiger partial charge in [0.05, 0.1) is 0 Å². The van der Waals surface area contributed by atoms with E-state index in [1.165, 1.54) is 15.4 Å². The van der Waals surface area contributed by atoms with Crippen LogP contribution in [-0.2, 0) is 0 Å². The molecule has 0 aromatic heterocycles. The van der Waals surface area contributed by atoms with Gasteiger partial charge in [-0.1, -0.05) is 23.8 Å². The highest BCUT2D eigenvalue weighted by Crippen LogP contribution is 2.33. The Balaban J connectivity index is 2.74. The van der Waals surface area contributed by atoms with Gasteiger partial charge in [0.2, 0.25) is 0 Å². The third-order valence-corrected chi connectivity index (χ3v) is 2.81. The molecule has 0 N–H and O–H groups in total. The molecule has 1 heterocycles. The molecular formula is C11H12S. The SMILES string of the molecule is C#C/C=C\C1=C(C)SC(C)=CC1. The van der Waals surface area contributed by atoms with E-state index in [0.717, 1.165) is 6.42 Å². The Hall–Kier alpha value is -0.870. The molecule has 0 aliphatic carbocycles. The van der Waals surface area contributed by atoms with E-state index < -0.39 is 0 Å². The molecule has 0 nitrogen and oxygen atoms in total. The largest absolute Gasteiger partial charge is 0.115 e. The first kappa shape index (κ1) is 9.22. The van der Waals surface area contributed by atoms with Crippen LogP contribution in [0.2, 0.25) is 0 Å². The van der Waals surface area contributed by atoms with Gasteiger partial charge in [-0.25, -0.2) is 0 Å². The van der Waals surface area contributed by atoms with Crippen LogP contribution in [0.25, 0.3) is 0 Å². The van der Waals surface area contributed by atoms with Crippen molar-refractivity contribution in [3.63, 3.8) is 0 Å². The summed E-state index contributed by atoms with van der Waals surface area (Å²) >= 11 is 1.82. The van der Waals surface area contributed by atoms with Crippen LogP contribution < -0.4 is 0 Å². The van der Waals surface area contributed by atoms with Gasteiger partial charge in [0, 0.05) is 0 Å². The molecule has 0 radical (unpaired) electrons. The first-order valence-corrected chi connectivity index (χ1v) is 4.72. The fourth-order valence-corrected chi connectivity index (χ4v) is 2.01. The van der Waals surface area contributed by atoms with Crippen molar-refractivity contribution in [2.75, 3.05) is 0 Å². The lowest BCUT2D eigenvalue weighted by Crippen LogP contribution is -1.87. The summed E-state index contributed by atoms with van der Waals surface area (Å²) in [5.74, 6) is 2.50. The van der Waals surface area contributed by atoms with Gasteiger partial charge in [0.15, 0.2) is 0 Å². The monoisotopic (exact) mass is 176 g/mol. The van der Waals surface area contributed by atoms with Gasteiger partial charge in [-0.3, -0.25) is 0 Å². The maximum Gasteiger partial charge on any atom is -0.00785 e. The molecule has 0 atom stereocenters. The van der Waals surface area contributed by atoms with Gasteiger partial charge < -0.3 is 0 Å². The maximum absolute atomic E-state index is 5.14. The molecule has 0 fully saturated rings. The summed E-state index contributed by atoms with van der Waals surface area (Å²) in [6, 6.07) is 0. The first-order chi connectivity index (χ1) is 5.74. The quantitative estimate of drug-likeness (QED) is 0.551. The summed E-state index contributed by atoms with van der Waals surface area (Å²) in [5, 5.41) is 0. The zero-order chi connectivity index (χ0) is 8.97. The first-order valence-electron chi connectivity index (χ1n) is 3.91. The van der Waals surface area contributed by atoms with Crippen molar-refractivity contribution in [1.82, 2.24) is 0 Å². The molecule has 12 heavy (non-hydrogen) atoms. The lowest BCUT2D eigenvalue weighted by atomic mass is 10.1. The van der Waals surface area contributed by atoms with E-state index in [2.05, 4.69) is 25.8 Å². The van der Waals surface area contributed by atoms with Gasteiger partial charge in [-0.15, -0.1) is 6.42 Å². The van der Waals surface area contributed by atoms with Crippen LogP contribution in [0.5, 0.6) is 0 Å². The van der Waals surface area contributed by atoms with Gasteiger partial charge >= 0.3 is 0 Å². The molecule has 0 aromatic carbocycles. The molecule has 0 saturated carbocycles. The third kappa shape index (κ3) is 2.32. The molecule has 0 spiro atoms. The van der Waals surface area contributed by atoms with Crippen molar-refractivity contribution in [3.8, 4) is 12.3 Å². The van der Waals surface area contributed by atoms with Crippen LogP contribution in [0.1, 0.15) is 20.3 Å². The van der Waals surface area contributed by atoms with Crippen LogP contribution >= 0.6 is 11.8 Å². The van der Waals surface area contributed by atoms with Gasteiger partial charge in [0.1, 0.15) is 0 Å². The van der Waals surface area contributed by atoms with Crippen LogP contribution in [0, 0.1) is 12.3 Å². The number of rotatable bonds is 1. The number of thioether (sulfide) groups is 1. The van der Waals surface area contributed by atoms with Gasteiger partial charge in [-0.05, 0) is 47.8 Å². The second-order valence-corrected chi connectivity index (χ2v) is 4.16. The highest BCUT2D eigenvalue weighted by molar-refractivity contribution is 8.06. The Morgan fingerprint density at radius 1 is 1.58 bits per heavy atom. The number of hydrogen-bond donors (Lipinski definition) is 0. The number of terminal acetylenes is 1. The second kappa shape index (κ2) is 4.23. The predicted octanol–water partition coefficient (Wildman–Crippen LogP) is 3.49. The van der Waals surface area contributed by atoms with E-state index >= 15 is 0 Å². The van der Waals surface area contributed by atoms with E-state index in [4.69, 9.17) is 6.42 Å². The molecule has 0 saturated heterocycles. The fourth-order valence-electron chi connectivity index (χ4n) is 1.08. The molecule has 1 rings (SSSR count). The smallest absolute Gasteiger partial charge is 0.00785 e. The van der Waals surface area contributed by atoms with Crippen molar-refractivity contribution < 1.29 is 0 Å². The Labute approximate surface area is 78.4 Å². The Morgan fingerprint density at radius 2 is 2.33 bits per heavy atom. The van der Waals surface area contributed by atoms with E-state index in [0.29, 0.717) is 0 Å². The summed E-state index contributed by atoms with van der Waals surface area (Å²) in [6.45, 7) is 4.27. The molecule has 0 unspecified atom stereocenters. The summed E-state index contributed by atoms with van der Waals surface area (Å²) in [4.78, 5) is 2.74. The molecular weight excluding hydrogens is 164 g/mol. The van der Waals surface area contributed by atoms with Crippen LogP contribution in [-0.4, -0.2) is 0 Å². The molecule has 0 aromatic rings. The van der Waals surface area contributed by atoms with Crippen molar-refractivity contribution >= 4 is 11.8 Å². The summed E-state index contributed by atoms with van der Waals surface area (Å²) in [5.41, 5.74) is 1.34. The second-order valence-electron chi connectivity index (χ2n) is 2.70. The normalized spacial score (nSPS) is 17.9. The van der Waals surface area contributed by atoms with Crippen LogP contribution in [0.4, 0.5) is 0 Å². The van der Waals surface area contributed by atoms with Crippen LogP contribution in [0.3, 0.4) is 0 Å². The Kier molecular flexibility index (Phi) is 3.25. The Morgan fingerprint density at radius 3 is 2.92 bits per heavy atom. The number of hydrogen-bond acceptors (Lipinski definition) is 1. The van der Waals surface area contributed by atoms with Gasteiger partial charge in [0.25, 0.3) is 0 Å². The topological polar surface area (TPSA) is 0 Å². The van der Waals surface area contributed by atoms with E-state index in [-0.39, 0.29) is 0 Å². The molecule has 1 heteroatoms. The van der Waals surface area contributed by atoms with Crippen molar-refractivity contribution in [1.29, 1.82) is 0 Å². The highest BCUT2D eigenvalue weighted by Gasteiger charge is 2.05. The summed E-state index contributed by atoms with van der Waals surface area (Å²) in [7, 11) is 0. The lowest BCUT2D eigenvalue weighted by molar-refractivity contribution is 1.23. The van der Waals surface area contributed by atoms with Crippen molar-refractivity contribution in [3.05, 3.63) is 33.6 Å². The van der Waals surface area contributed by atoms with Crippen molar-refractivity contribution in [2.24, 2.45) is 0 Å². The average molecular weight is 176 g/mol. The minimum atomic E-state index is 1.02. The van der Waals surface area contributed by atoms with Crippen molar-refractivity contribution in [2.45, 2.75) is 20.3 Å². The summed E-state index contributed by atoms with van der Waals surface area (Å²) < 4.78 is 0. The molecule has 0 amide bonds. The Bertz CT molecular complexity index is 297. The average Bonchev–Trinajstić information content (AvgIpc) is 2.03. The molecule has 62 valence electrons. The zero-order valence-electron chi connectivity index (χ0n) is 7.42. The minimum Gasteiger partial charge on any atom is -0.115 e. The fraction of sp³-hybridized carbons (Fsp3) is 0.273. The van der Waals surface area contributed by atoms with E-state index in [1.54, 1.807) is 6.08 Å². The minimum absolute atomic E-state index is 1.02.